The van der Waals surface area contributed by atoms with Crippen molar-refractivity contribution in [1.82, 2.24) is 4.98 Å². The van der Waals surface area contributed by atoms with Gasteiger partial charge in [-0.25, -0.2) is 0 Å². The number of carbonyl (C=O) groups is 1. The lowest BCUT2D eigenvalue weighted by atomic mass is 10.1. The third kappa shape index (κ3) is 1.27. The second kappa shape index (κ2) is 3.18. The van der Waals surface area contributed by atoms with Crippen molar-refractivity contribution in [2.75, 3.05) is 7.11 Å². The third-order valence-electron chi connectivity index (χ3n) is 2.20. The molecule has 0 unspecified atom stereocenters. The van der Waals surface area contributed by atoms with Gasteiger partial charge in [0.2, 0.25) is 0 Å². The molecule has 72 valence electrons. The smallest absolute Gasteiger partial charge is 0.166 e. The molecule has 0 atom stereocenters. The van der Waals surface area contributed by atoms with Crippen LogP contribution < -0.4 is 4.74 Å². The van der Waals surface area contributed by atoms with Gasteiger partial charge in [-0.05, 0) is 30.7 Å². The van der Waals surface area contributed by atoms with Crippen LogP contribution in [0, 0.1) is 6.92 Å². The maximum Gasteiger partial charge on any atom is 0.166 e. The molecule has 2 aromatic rings. The Morgan fingerprint density at radius 3 is 2.79 bits per heavy atom. The van der Waals surface area contributed by atoms with Gasteiger partial charge in [0.15, 0.2) is 6.29 Å². The van der Waals surface area contributed by atoms with Crippen LogP contribution in [0.1, 0.15) is 16.1 Å². The summed E-state index contributed by atoms with van der Waals surface area (Å²) >= 11 is 0. The molecule has 0 bridgehead atoms. The molecule has 1 N–H and O–H groups in total. The van der Waals surface area contributed by atoms with Gasteiger partial charge in [0.05, 0.1) is 18.3 Å². The Morgan fingerprint density at radius 2 is 2.14 bits per heavy atom. The standard InChI is InChI=1S/C11H11NO2/c1-7-3-8-5-9(6-13)12-11(8)10(4-7)14-2/h3-6,12H,1-2H3. The van der Waals surface area contributed by atoms with Gasteiger partial charge < -0.3 is 9.72 Å². The van der Waals surface area contributed by atoms with Crippen molar-refractivity contribution in [2.24, 2.45) is 0 Å². The van der Waals surface area contributed by atoms with Crippen molar-refractivity contribution in [2.45, 2.75) is 6.92 Å². The Morgan fingerprint density at radius 1 is 1.36 bits per heavy atom. The first-order chi connectivity index (χ1) is 6.74. The Balaban J connectivity index is 2.77. The summed E-state index contributed by atoms with van der Waals surface area (Å²) in [7, 11) is 1.62. The summed E-state index contributed by atoms with van der Waals surface area (Å²) in [5.74, 6) is 0.771. The first-order valence-corrected chi connectivity index (χ1v) is 4.37. The normalized spacial score (nSPS) is 10.4. The molecule has 14 heavy (non-hydrogen) atoms. The number of rotatable bonds is 2. The lowest BCUT2D eigenvalue weighted by molar-refractivity contribution is 0.112. The molecule has 1 aromatic carbocycles. The number of aryl methyl sites for hydroxylation is 1. The fourth-order valence-electron chi connectivity index (χ4n) is 1.60. The van der Waals surface area contributed by atoms with Crippen LogP contribution in [0.25, 0.3) is 10.9 Å². The summed E-state index contributed by atoms with van der Waals surface area (Å²) in [5, 5.41) is 1.00. The number of nitrogens with one attached hydrogen (secondary N) is 1. The molecule has 0 amide bonds. The minimum atomic E-state index is 0.573. The van der Waals surface area contributed by atoms with E-state index in [1.807, 2.05) is 25.1 Å². The predicted molar refractivity (Wildman–Crippen MR) is 55.0 cm³/mol. The molecular formula is C11H11NO2. The number of ether oxygens (including phenoxy) is 1. The van der Waals surface area contributed by atoms with E-state index in [4.69, 9.17) is 4.74 Å². The number of methoxy groups -OCH3 is 1. The monoisotopic (exact) mass is 189 g/mol. The van der Waals surface area contributed by atoms with Gasteiger partial charge in [0.25, 0.3) is 0 Å². The summed E-state index contributed by atoms with van der Waals surface area (Å²) in [5.41, 5.74) is 2.56. The number of hydrogen-bond donors (Lipinski definition) is 1. The summed E-state index contributed by atoms with van der Waals surface area (Å²) in [6, 6.07) is 5.77. The van der Waals surface area contributed by atoms with Crippen molar-refractivity contribution < 1.29 is 9.53 Å². The SMILES string of the molecule is COc1cc(C)cc2cc(C=O)[nH]c12. The van der Waals surface area contributed by atoms with Gasteiger partial charge in [-0.1, -0.05) is 0 Å². The average molecular weight is 189 g/mol. The fraction of sp³-hybridized carbons (Fsp3) is 0.182. The number of aldehydes is 1. The lowest BCUT2D eigenvalue weighted by Crippen LogP contribution is -1.85. The minimum absolute atomic E-state index is 0.573. The van der Waals surface area contributed by atoms with Gasteiger partial charge in [0, 0.05) is 5.39 Å². The van der Waals surface area contributed by atoms with Crippen molar-refractivity contribution in [3.05, 3.63) is 29.5 Å². The second-order valence-electron chi connectivity index (χ2n) is 3.27. The van der Waals surface area contributed by atoms with Crippen LogP contribution in [0.4, 0.5) is 0 Å². The minimum Gasteiger partial charge on any atom is -0.495 e. The number of H-pyrrole nitrogens is 1. The van der Waals surface area contributed by atoms with E-state index in [9.17, 15) is 4.79 Å². The van der Waals surface area contributed by atoms with E-state index in [1.54, 1.807) is 7.11 Å². The highest BCUT2D eigenvalue weighted by Gasteiger charge is 2.06. The molecule has 1 heterocycles. The number of aromatic nitrogens is 1. The van der Waals surface area contributed by atoms with E-state index in [2.05, 4.69) is 4.98 Å². The zero-order valence-electron chi connectivity index (χ0n) is 8.13. The molecule has 3 nitrogen and oxygen atoms in total. The Bertz CT molecular complexity index is 485. The highest BCUT2D eigenvalue weighted by Crippen LogP contribution is 2.26. The first-order valence-electron chi connectivity index (χ1n) is 4.37. The zero-order chi connectivity index (χ0) is 10.1. The molecule has 0 aliphatic heterocycles. The molecule has 2 rings (SSSR count). The van der Waals surface area contributed by atoms with Crippen LogP contribution in [0.15, 0.2) is 18.2 Å². The molecule has 0 fully saturated rings. The predicted octanol–water partition coefficient (Wildman–Crippen LogP) is 2.30. The van der Waals surface area contributed by atoms with E-state index in [0.29, 0.717) is 5.69 Å². The number of fused-ring (bicyclic) bond motifs is 1. The van der Waals surface area contributed by atoms with Gasteiger partial charge in [-0.15, -0.1) is 0 Å². The zero-order valence-corrected chi connectivity index (χ0v) is 8.13. The first kappa shape index (κ1) is 8.81. The fourth-order valence-corrected chi connectivity index (χ4v) is 1.60. The number of carbonyl (C=O) groups excluding carboxylic acids is 1. The molecular weight excluding hydrogens is 178 g/mol. The largest absolute Gasteiger partial charge is 0.495 e. The molecule has 0 radical (unpaired) electrons. The Kier molecular flexibility index (Phi) is 2.00. The van der Waals surface area contributed by atoms with Crippen LogP contribution >= 0.6 is 0 Å². The van der Waals surface area contributed by atoms with Crippen molar-refractivity contribution in [1.29, 1.82) is 0 Å². The summed E-state index contributed by atoms with van der Waals surface area (Å²) in [4.78, 5) is 13.6. The summed E-state index contributed by atoms with van der Waals surface area (Å²) < 4.78 is 5.22. The van der Waals surface area contributed by atoms with E-state index in [0.717, 1.165) is 28.5 Å². The Labute approximate surface area is 81.7 Å². The Hall–Kier alpha value is -1.77. The van der Waals surface area contributed by atoms with Gasteiger partial charge in [-0.3, -0.25) is 4.79 Å². The molecule has 0 aliphatic carbocycles. The van der Waals surface area contributed by atoms with Gasteiger partial charge in [-0.2, -0.15) is 0 Å². The average Bonchev–Trinajstić information content (AvgIpc) is 2.59. The second-order valence-corrected chi connectivity index (χ2v) is 3.27. The third-order valence-corrected chi connectivity index (χ3v) is 2.20. The maximum absolute atomic E-state index is 10.6. The highest BCUT2D eigenvalue weighted by molar-refractivity contribution is 5.91. The lowest BCUT2D eigenvalue weighted by Gasteiger charge is -2.02. The van der Waals surface area contributed by atoms with Crippen LogP contribution in [0.5, 0.6) is 5.75 Å². The topological polar surface area (TPSA) is 42.1 Å². The van der Waals surface area contributed by atoms with Gasteiger partial charge in [0.1, 0.15) is 5.75 Å². The van der Waals surface area contributed by atoms with E-state index < -0.39 is 0 Å². The number of benzene rings is 1. The molecule has 0 saturated heterocycles. The summed E-state index contributed by atoms with van der Waals surface area (Å²) in [6.07, 6.45) is 0.800. The molecule has 3 heteroatoms. The van der Waals surface area contributed by atoms with Crippen LogP contribution in [-0.4, -0.2) is 18.4 Å². The van der Waals surface area contributed by atoms with E-state index in [1.165, 1.54) is 0 Å². The van der Waals surface area contributed by atoms with E-state index >= 15 is 0 Å². The summed E-state index contributed by atoms with van der Waals surface area (Å²) in [6.45, 7) is 2.00. The molecule has 1 aromatic heterocycles. The molecule has 0 aliphatic rings. The van der Waals surface area contributed by atoms with Gasteiger partial charge >= 0.3 is 0 Å². The number of hydrogen-bond acceptors (Lipinski definition) is 2. The quantitative estimate of drug-likeness (QED) is 0.736. The number of aromatic amines is 1. The van der Waals surface area contributed by atoms with Crippen molar-refractivity contribution in [3.8, 4) is 5.75 Å². The van der Waals surface area contributed by atoms with Crippen LogP contribution in [-0.2, 0) is 0 Å². The van der Waals surface area contributed by atoms with Crippen molar-refractivity contribution >= 4 is 17.2 Å². The van der Waals surface area contributed by atoms with Crippen molar-refractivity contribution in [3.63, 3.8) is 0 Å². The van der Waals surface area contributed by atoms with Crippen LogP contribution in [0.2, 0.25) is 0 Å². The maximum atomic E-state index is 10.6. The van der Waals surface area contributed by atoms with Crippen LogP contribution in [0.3, 0.4) is 0 Å². The molecule has 0 saturated carbocycles. The highest BCUT2D eigenvalue weighted by atomic mass is 16.5. The van der Waals surface area contributed by atoms with E-state index in [-0.39, 0.29) is 0 Å². The molecule has 0 spiro atoms.